The minimum absolute atomic E-state index is 0.0790. The van der Waals surface area contributed by atoms with Crippen LogP contribution >= 0.6 is 0 Å². The molecule has 0 N–H and O–H groups in total. The van der Waals surface area contributed by atoms with E-state index in [1.165, 1.54) is 12.1 Å². The highest BCUT2D eigenvalue weighted by Crippen LogP contribution is 2.18. The van der Waals surface area contributed by atoms with Crippen molar-refractivity contribution < 1.29 is 18.3 Å². The van der Waals surface area contributed by atoms with Crippen LogP contribution in [-0.4, -0.2) is 19.8 Å². The van der Waals surface area contributed by atoms with Crippen LogP contribution in [-0.2, 0) is 4.74 Å². The van der Waals surface area contributed by atoms with E-state index in [2.05, 4.69) is 0 Å². The second-order valence-electron chi connectivity index (χ2n) is 2.60. The number of hydrogen-bond donors (Lipinski definition) is 0. The van der Waals surface area contributed by atoms with Crippen molar-refractivity contribution in [1.29, 1.82) is 0 Å². The van der Waals surface area contributed by atoms with Crippen molar-refractivity contribution in [3.05, 3.63) is 29.8 Å². The van der Waals surface area contributed by atoms with Gasteiger partial charge in [-0.25, -0.2) is 4.39 Å². The van der Waals surface area contributed by atoms with Gasteiger partial charge in [-0.3, -0.25) is 0 Å². The Morgan fingerprint density at radius 1 is 1.21 bits per heavy atom. The summed E-state index contributed by atoms with van der Waals surface area (Å²) >= 11 is 0. The summed E-state index contributed by atoms with van der Waals surface area (Å²) in [5, 5.41) is 0. The third kappa shape index (κ3) is 2.96. The largest absolute Gasteiger partial charge is 0.488 e. The maximum Gasteiger partial charge on any atom is 0.200 e. The lowest BCUT2D eigenvalue weighted by atomic mass is 10.3. The Hall–Kier alpha value is -1.16. The molecular weight excluding hydrogens is 190 g/mol. The van der Waals surface area contributed by atoms with Crippen molar-refractivity contribution in [3.8, 4) is 5.75 Å². The maximum absolute atomic E-state index is 13.0. The minimum Gasteiger partial charge on any atom is -0.488 e. The van der Waals surface area contributed by atoms with Gasteiger partial charge < -0.3 is 9.47 Å². The first-order valence-corrected chi connectivity index (χ1v) is 4.40. The molecule has 0 aromatic heterocycles. The van der Waals surface area contributed by atoms with Gasteiger partial charge in [0.15, 0.2) is 11.6 Å². The fourth-order valence-corrected chi connectivity index (χ4v) is 0.950. The van der Waals surface area contributed by atoms with Gasteiger partial charge >= 0.3 is 0 Å². The molecule has 0 bridgehead atoms. The van der Waals surface area contributed by atoms with E-state index >= 15 is 0 Å². The van der Waals surface area contributed by atoms with Crippen LogP contribution in [0.5, 0.6) is 5.75 Å². The lowest BCUT2D eigenvalue weighted by Crippen LogP contribution is -2.07. The molecule has 14 heavy (non-hydrogen) atoms. The monoisotopic (exact) mass is 202 g/mol. The Bertz CT molecular complexity index is 289. The lowest BCUT2D eigenvalue weighted by Gasteiger charge is -2.06. The van der Waals surface area contributed by atoms with E-state index in [0.717, 1.165) is 6.07 Å². The zero-order chi connectivity index (χ0) is 10.4. The van der Waals surface area contributed by atoms with Crippen LogP contribution in [0, 0.1) is 11.6 Å². The molecule has 0 heterocycles. The number of halogens is 2. The molecule has 0 fully saturated rings. The van der Waals surface area contributed by atoms with Crippen LogP contribution in [0.15, 0.2) is 18.2 Å². The predicted octanol–water partition coefficient (Wildman–Crippen LogP) is 2.38. The molecule has 0 atom stereocenters. The second kappa shape index (κ2) is 5.54. The number of ether oxygens (including phenoxy) is 2. The van der Waals surface area contributed by atoms with Crippen LogP contribution in [0.4, 0.5) is 8.78 Å². The van der Waals surface area contributed by atoms with E-state index < -0.39 is 11.6 Å². The standard InChI is InChI=1S/C10H12F2O2/c1-2-13-6-7-14-9-5-3-4-8(11)10(9)12/h3-5H,2,6-7H2,1H3. The SMILES string of the molecule is CCOCCOc1cccc(F)c1F. The van der Waals surface area contributed by atoms with Crippen molar-refractivity contribution in [2.45, 2.75) is 6.92 Å². The van der Waals surface area contributed by atoms with E-state index in [0.29, 0.717) is 13.2 Å². The summed E-state index contributed by atoms with van der Waals surface area (Å²) in [6.45, 7) is 3.01. The average molecular weight is 202 g/mol. The Morgan fingerprint density at radius 3 is 2.71 bits per heavy atom. The summed E-state index contributed by atoms with van der Waals surface area (Å²) in [5.41, 5.74) is 0. The molecule has 0 radical (unpaired) electrons. The third-order valence-electron chi connectivity index (χ3n) is 1.61. The zero-order valence-corrected chi connectivity index (χ0v) is 7.93. The molecule has 0 aliphatic carbocycles. The van der Waals surface area contributed by atoms with E-state index in [-0.39, 0.29) is 12.4 Å². The first-order chi connectivity index (χ1) is 6.75. The summed E-state index contributed by atoms with van der Waals surface area (Å²) in [4.78, 5) is 0. The van der Waals surface area contributed by atoms with Gasteiger partial charge in [0.1, 0.15) is 6.61 Å². The van der Waals surface area contributed by atoms with E-state index in [9.17, 15) is 8.78 Å². The molecule has 0 aliphatic heterocycles. The van der Waals surface area contributed by atoms with Crippen LogP contribution in [0.25, 0.3) is 0 Å². The van der Waals surface area contributed by atoms with E-state index in [1.807, 2.05) is 6.92 Å². The van der Waals surface area contributed by atoms with Crippen LogP contribution < -0.4 is 4.74 Å². The Balaban J connectivity index is 2.46. The normalized spacial score (nSPS) is 10.2. The quantitative estimate of drug-likeness (QED) is 0.682. The van der Waals surface area contributed by atoms with Crippen molar-refractivity contribution >= 4 is 0 Å². The van der Waals surface area contributed by atoms with Gasteiger partial charge in [-0.15, -0.1) is 0 Å². The second-order valence-corrected chi connectivity index (χ2v) is 2.60. The van der Waals surface area contributed by atoms with Crippen molar-refractivity contribution in [3.63, 3.8) is 0 Å². The fourth-order valence-electron chi connectivity index (χ4n) is 0.950. The average Bonchev–Trinajstić information content (AvgIpc) is 2.19. The molecule has 4 heteroatoms. The van der Waals surface area contributed by atoms with Gasteiger partial charge in [0.25, 0.3) is 0 Å². The summed E-state index contributed by atoms with van der Waals surface area (Å²) in [6.07, 6.45) is 0. The molecule has 1 aromatic rings. The molecule has 0 saturated carbocycles. The molecule has 0 amide bonds. The summed E-state index contributed by atoms with van der Waals surface area (Å²) in [7, 11) is 0. The van der Waals surface area contributed by atoms with Crippen LogP contribution in [0.1, 0.15) is 6.92 Å². The van der Waals surface area contributed by atoms with Gasteiger partial charge in [-0.1, -0.05) is 6.07 Å². The molecule has 0 unspecified atom stereocenters. The Kier molecular flexibility index (Phi) is 4.32. The zero-order valence-electron chi connectivity index (χ0n) is 7.93. The molecule has 1 aromatic carbocycles. The molecule has 0 aliphatic rings. The first-order valence-electron chi connectivity index (χ1n) is 4.40. The van der Waals surface area contributed by atoms with Crippen molar-refractivity contribution in [1.82, 2.24) is 0 Å². The van der Waals surface area contributed by atoms with Gasteiger partial charge in [0.2, 0.25) is 5.82 Å². The number of benzene rings is 1. The summed E-state index contributed by atoms with van der Waals surface area (Å²) in [5.74, 6) is -1.94. The first kappa shape index (κ1) is 10.9. The van der Waals surface area contributed by atoms with Gasteiger partial charge in [-0.05, 0) is 19.1 Å². The van der Waals surface area contributed by atoms with Crippen molar-refractivity contribution in [2.75, 3.05) is 19.8 Å². The van der Waals surface area contributed by atoms with Gasteiger partial charge in [-0.2, -0.15) is 4.39 Å². The predicted molar refractivity (Wildman–Crippen MR) is 48.3 cm³/mol. The maximum atomic E-state index is 13.0. The summed E-state index contributed by atoms with van der Waals surface area (Å²) < 4.78 is 35.6. The highest BCUT2D eigenvalue weighted by molar-refractivity contribution is 5.24. The smallest absolute Gasteiger partial charge is 0.200 e. The Labute approximate surface area is 81.4 Å². The molecule has 1 rings (SSSR count). The highest BCUT2D eigenvalue weighted by Gasteiger charge is 2.07. The van der Waals surface area contributed by atoms with E-state index in [1.54, 1.807) is 0 Å². The topological polar surface area (TPSA) is 18.5 Å². The van der Waals surface area contributed by atoms with Crippen LogP contribution in [0.2, 0.25) is 0 Å². The highest BCUT2D eigenvalue weighted by atomic mass is 19.2. The molecule has 0 saturated heterocycles. The van der Waals surface area contributed by atoms with Crippen molar-refractivity contribution in [2.24, 2.45) is 0 Å². The molecule has 78 valence electrons. The third-order valence-corrected chi connectivity index (χ3v) is 1.61. The number of rotatable bonds is 5. The lowest BCUT2D eigenvalue weighted by molar-refractivity contribution is 0.108. The minimum atomic E-state index is -0.955. The van der Waals surface area contributed by atoms with Gasteiger partial charge in [0, 0.05) is 6.61 Å². The molecule has 2 nitrogen and oxygen atoms in total. The fraction of sp³-hybridized carbons (Fsp3) is 0.400. The van der Waals surface area contributed by atoms with E-state index in [4.69, 9.17) is 9.47 Å². The number of hydrogen-bond acceptors (Lipinski definition) is 2. The molecule has 0 spiro atoms. The van der Waals surface area contributed by atoms with Gasteiger partial charge in [0.05, 0.1) is 6.61 Å². The van der Waals surface area contributed by atoms with Crippen LogP contribution in [0.3, 0.4) is 0 Å². The molecular formula is C10H12F2O2. The Morgan fingerprint density at radius 2 is 2.00 bits per heavy atom. The summed E-state index contributed by atoms with van der Waals surface area (Å²) in [6, 6.07) is 3.82.